The Bertz CT molecular complexity index is 943. The van der Waals surface area contributed by atoms with Crippen molar-refractivity contribution in [2.75, 3.05) is 13.2 Å². The summed E-state index contributed by atoms with van der Waals surface area (Å²) in [5.74, 6) is -0.334. The van der Waals surface area contributed by atoms with Crippen molar-refractivity contribution in [1.82, 2.24) is 10.0 Å². The van der Waals surface area contributed by atoms with Gasteiger partial charge in [-0.05, 0) is 49.6 Å². The van der Waals surface area contributed by atoms with Crippen molar-refractivity contribution < 1.29 is 17.9 Å². The van der Waals surface area contributed by atoms with Gasteiger partial charge in [0.1, 0.15) is 0 Å². The summed E-state index contributed by atoms with van der Waals surface area (Å²) in [5.41, 5.74) is 1.23. The van der Waals surface area contributed by atoms with E-state index in [0.717, 1.165) is 22.9 Å². The molecule has 2 N–H and O–H groups in total. The van der Waals surface area contributed by atoms with Crippen LogP contribution in [-0.2, 0) is 14.8 Å². The predicted molar refractivity (Wildman–Crippen MR) is 111 cm³/mol. The average molecular weight is 467 g/mol. The molecule has 1 aliphatic heterocycles. The predicted octanol–water partition coefficient (Wildman–Crippen LogP) is 3.40. The number of benzene rings is 2. The molecule has 2 unspecified atom stereocenters. The number of hydrogen-bond acceptors (Lipinski definition) is 4. The number of nitrogens with one attached hydrogen (secondary N) is 2. The van der Waals surface area contributed by atoms with E-state index in [0.29, 0.717) is 12.2 Å². The monoisotopic (exact) mass is 466 g/mol. The minimum Gasteiger partial charge on any atom is -0.377 e. The van der Waals surface area contributed by atoms with Gasteiger partial charge in [-0.25, -0.2) is 13.1 Å². The quantitative estimate of drug-likeness (QED) is 0.654. The number of carbonyl (C=O) groups excluding carboxylic acids is 1. The second-order valence-corrected chi connectivity index (χ2v) is 9.35. The summed E-state index contributed by atoms with van der Waals surface area (Å²) in [5, 5.41) is 2.90. The number of ether oxygens (including phenoxy) is 1. The van der Waals surface area contributed by atoms with Crippen LogP contribution in [-0.4, -0.2) is 33.6 Å². The number of sulfonamides is 1. The Morgan fingerprint density at radius 2 is 2.04 bits per heavy atom. The lowest BCUT2D eigenvalue weighted by atomic mass is 10.1. The molecular weight excluding hydrogens is 444 g/mol. The molecule has 0 spiro atoms. The maximum Gasteiger partial charge on any atom is 0.251 e. The molecule has 0 saturated carbocycles. The minimum absolute atomic E-state index is 0.0618. The molecule has 2 aromatic carbocycles. The molecule has 150 valence electrons. The zero-order valence-corrected chi connectivity index (χ0v) is 17.9. The van der Waals surface area contributed by atoms with Gasteiger partial charge < -0.3 is 10.1 Å². The fraction of sp³-hybridized carbons (Fsp3) is 0.350. The molecule has 1 fully saturated rings. The lowest BCUT2D eigenvalue weighted by molar-refractivity contribution is 0.0939. The summed E-state index contributed by atoms with van der Waals surface area (Å²) in [6.07, 6.45) is 1.70. The van der Waals surface area contributed by atoms with Crippen LogP contribution in [0.3, 0.4) is 0 Å². The van der Waals surface area contributed by atoms with Crippen LogP contribution in [0.25, 0.3) is 0 Å². The molecule has 0 bridgehead atoms. The van der Waals surface area contributed by atoms with E-state index in [4.69, 9.17) is 4.74 Å². The van der Waals surface area contributed by atoms with Gasteiger partial charge in [0.05, 0.1) is 17.0 Å². The summed E-state index contributed by atoms with van der Waals surface area (Å²) in [4.78, 5) is 12.7. The molecule has 1 heterocycles. The van der Waals surface area contributed by atoms with Crippen molar-refractivity contribution >= 4 is 31.9 Å². The summed E-state index contributed by atoms with van der Waals surface area (Å²) in [6, 6.07) is 13.4. The third-order valence-corrected chi connectivity index (χ3v) is 6.79. The smallest absolute Gasteiger partial charge is 0.251 e. The standard InChI is InChI=1S/C20H23BrN2O4S/c1-14(18-9-2-3-10-19(18)21)23-20(24)15-6-4-8-17(12-15)28(25,26)22-13-16-7-5-11-27-16/h2-4,6,8-10,12,14,16,22H,5,7,11,13H2,1H3,(H,23,24). The number of amides is 1. The van der Waals surface area contributed by atoms with Crippen LogP contribution < -0.4 is 10.0 Å². The normalized spacial score (nSPS) is 18.0. The Balaban J connectivity index is 1.69. The topological polar surface area (TPSA) is 84.5 Å². The van der Waals surface area contributed by atoms with E-state index in [1.807, 2.05) is 31.2 Å². The molecule has 28 heavy (non-hydrogen) atoms. The van der Waals surface area contributed by atoms with Gasteiger partial charge in [0.2, 0.25) is 10.0 Å². The zero-order valence-electron chi connectivity index (χ0n) is 15.5. The first-order valence-corrected chi connectivity index (χ1v) is 11.4. The molecule has 0 radical (unpaired) electrons. The molecule has 1 aliphatic rings. The van der Waals surface area contributed by atoms with E-state index in [9.17, 15) is 13.2 Å². The van der Waals surface area contributed by atoms with Crippen LogP contribution in [0.2, 0.25) is 0 Å². The first kappa shape index (κ1) is 21.0. The van der Waals surface area contributed by atoms with E-state index in [-0.39, 0.29) is 29.5 Å². The van der Waals surface area contributed by atoms with Gasteiger partial charge in [0.25, 0.3) is 5.91 Å². The first-order valence-electron chi connectivity index (χ1n) is 9.13. The third-order valence-electron chi connectivity index (χ3n) is 4.65. The average Bonchev–Trinajstić information content (AvgIpc) is 3.20. The van der Waals surface area contributed by atoms with Gasteiger partial charge in [-0.1, -0.05) is 40.2 Å². The van der Waals surface area contributed by atoms with Gasteiger partial charge >= 0.3 is 0 Å². The van der Waals surface area contributed by atoms with E-state index in [1.165, 1.54) is 12.1 Å². The lowest BCUT2D eigenvalue weighted by Crippen LogP contribution is -2.32. The Morgan fingerprint density at radius 1 is 1.25 bits per heavy atom. The van der Waals surface area contributed by atoms with E-state index >= 15 is 0 Å². The van der Waals surface area contributed by atoms with Gasteiger partial charge in [-0.2, -0.15) is 0 Å². The van der Waals surface area contributed by atoms with Crippen LogP contribution in [0, 0.1) is 0 Å². The minimum atomic E-state index is -3.71. The van der Waals surface area contributed by atoms with Crippen molar-refractivity contribution in [3.05, 3.63) is 64.1 Å². The SMILES string of the molecule is CC(NC(=O)c1cccc(S(=O)(=O)NCC2CCCO2)c1)c1ccccc1Br. The van der Waals surface area contributed by atoms with Crippen LogP contribution in [0.4, 0.5) is 0 Å². The van der Waals surface area contributed by atoms with Crippen LogP contribution >= 0.6 is 15.9 Å². The van der Waals surface area contributed by atoms with Crippen molar-refractivity contribution in [3.63, 3.8) is 0 Å². The molecular formula is C20H23BrN2O4S. The van der Waals surface area contributed by atoms with Crippen LogP contribution in [0.5, 0.6) is 0 Å². The number of halogens is 1. The Morgan fingerprint density at radius 3 is 2.75 bits per heavy atom. The van der Waals surface area contributed by atoms with E-state index in [2.05, 4.69) is 26.0 Å². The summed E-state index contributed by atoms with van der Waals surface area (Å²) in [7, 11) is -3.71. The Hall–Kier alpha value is -1.74. The number of rotatable bonds is 7. The Labute approximate surface area is 173 Å². The molecule has 0 aliphatic carbocycles. The molecule has 1 saturated heterocycles. The maximum absolute atomic E-state index is 12.6. The van der Waals surface area contributed by atoms with Gasteiger partial charge in [0, 0.05) is 23.2 Å². The van der Waals surface area contributed by atoms with Crippen molar-refractivity contribution in [2.45, 2.75) is 36.8 Å². The summed E-state index contributed by atoms with van der Waals surface area (Å²) >= 11 is 3.48. The largest absolute Gasteiger partial charge is 0.377 e. The third kappa shape index (κ3) is 5.20. The Kier molecular flexibility index (Phi) is 6.87. The summed E-state index contributed by atoms with van der Waals surface area (Å²) in [6.45, 7) is 2.78. The van der Waals surface area contributed by atoms with Gasteiger partial charge in [-0.3, -0.25) is 4.79 Å². The highest BCUT2D eigenvalue weighted by Crippen LogP contribution is 2.23. The van der Waals surface area contributed by atoms with Crippen molar-refractivity contribution in [1.29, 1.82) is 0 Å². The molecule has 1 amide bonds. The molecule has 2 aromatic rings. The highest BCUT2D eigenvalue weighted by Gasteiger charge is 2.21. The van der Waals surface area contributed by atoms with Crippen molar-refractivity contribution in [2.24, 2.45) is 0 Å². The molecule has 3 rings (SSSR count). The fourth-order valence-corrected chi connectivity index (χ4v) is 4.82. The van der Waals surface area contributed by atoms with E-state index in [1.54, 1.807) is 12.1 Å². The highest BCUT2D eigenvalue weighted by atomic mass is 79.9. The number of carbonyl (C=O) groups is 1. The molecule has 8 heteroatoms. The fourth-order valence-electron chi connectivity index (χ4n) is 3.08. The second kappa shape index (κ2) is 9.17. The number of hydrogen-bond donors (Lipinski definition) is 2. The lowest BCUT2D eigenvalue weighted by Gasteiger charge is -2.16. The van der Waals surface area contributed by atoms with Crippen molar-refractivity contribution in [3.8, 4) is 0 Å². The highest BCUT2D eigenvalue weighted by molar-refractivity contribution is 9.10. The summed E-state index contributed by atoms with van der Waals surface area (Å²) < 4.78 is 34.0. The zero-order chi connectivity index (χ0) is 20.1. The molecule has 0 aromatic heterocycles. The van der Waals surface area contributed by atoms with Crippen LogP contribution in [0.1, 0.15) is 41.7 Å². The maximum atomic E-state index is 12.6. The first-order chi connectivity index (χ1) is 13.4. The van der Waals surface area contributed by atoms with Gasteiger partial charge in [-0.15, -0.1) is 0 Å². The molecule has 2 atom stereocenters. The second-order valence-electron chi connectivity index (χ2n) is 6.73. The van der Waals surface area contributed by atoms with E-state index < -0.39 is 10.0 Å². The van der Waals surface area contributed by atoms with Gasteiger partial charge in [0.15, 0.2) is 0 Å². The molecule has 6 nitrogen and oxygen atoms in total. The van der Waals surface area contributed by atoms with Crippen LogP contribution in [0.15, 0.2) is 57.9 Å².